The van der Waals surface area contributed by atoms with Crippen LogP contribution in [0.4, 0.5) is 4.39 Å². The first-order valence-corrected chi connectivity index (χ1v) is 13.1. The molecule has 8 heteroatoms. The van der Waals surface area contributed by atoms with Crippen molar-refractivity contribution >= 4 is 10.9 Å². The standard InChI is InChI=1S/C31H33FN6O/c1-21-10-15-27-24(18-21)19-26(30(39)33-27)28(29-34-35-36-38(29)31(2,3)4)37(17-16-22-8-6-5-7-9-22)20-23-11-13-25(32)14-12-23/h5-15,18-19,28H,16-17,20H2,1-4H3,(H,33,39)/t28-/m1/s1. The molecule has 0 saturated heterocycles. The molecule has 0 amide bonds. The van der Waals surface area contributed by atoms with Gasteiger partial charge in [0.25, 0.3) is 5.56 Å². The minimum absolute atomic E-state index is 0.191. The van der Waals surface area contributed by atoms with E-state index >= 15 is 0 Å². The van der Waals surface area contributed by atoms with Crippen molar-refractivity contribution in [3.63, 3.8) is 0 Å². The second-order valence-electron chi connectivity index (χ2n) is 11.0. The molecule has 1 atom stereocenters. The zero-order chi connectivity index (χ0) is 27.6. The molecule has 0 aliphatic heterocycles. The summed E-state index contributed by atoms with van der Waals surface area (Å²) in [6.07, 6.45) is 0.750. The smallest absolute Gasteiger partial charge is 0.253 e. The van der Waals surface area contributed by atoms with Crippen molar-refractivity contribution in [2.75, 3.05) is 6.54 Å². The van der Waals surface area contributed by atoms with Crippen LogP contribution in [0.15, 0.2) is 83.7 Å². The summed E-state index contributed by atoms with van der Waals surface area (Å²) in [6, 6.07) is 24.1. The van der Waals surface area contributed by atoms with Crippen molar-refractivity contribution < 1.29 is 4.39 Å². The highest BCUT2D eigenvalue weighted by Crippen LogP contribution is 2.31. The molecule has 0 aliphatic rings. The van der Waals surface area contributed by atoms with Crippen LogP contribution < -0.4 is 5.56 Å². The summed E-state index contributed by atoms with van der Waals surface area (Å²) in [6.45, 7) is 9.22. The Morgan fingerprint density at radius 2 is 1.72 bits per heavy atom. The third-order valence-electron chi connectivity index (χ3n) is 6.89. The van der Waals surface area contributed by atoms with Crippen LogP contribution >= 0.6 is 0 Å². The largest absolute Gasteiger partial charge is 0.322 e. The molecule has 200 valence electrons. The molecule has 0 unspecified atom stereocenters. The highest BCUT2D eigenvalue weighted by molar-refractivity contribution is 5.79. The van der Waals surface area contributed by atoms with Crippen LogP contribution in [0, 0.1) is 12.7 Å². The molecule has 0 saturated carbocycles. The van der Waals surface area contributed by atoms with Gasteiger partial charge in [-0.1, -0.05) is 54.1 Å². The predicted molar refractivity (Wildman–Crippen MR) is 151 cm³/mol. The van der Waals surface area contributed by atoms with Crippen molar-refractivity contribution in [2.24, 2.45) is 0 Å². The number of hydrogen-bond donors (Lipinski definition) is 1. The number of nitrogens with zero attached hydrogens (tertiary/aromatic N) is 5. The first-order valence-electron chi connectivity index (χ1n) is 13.1. The number of tetrazole rings is 1. The SMILES string of the molecule is Cc1ccc2[nH]c(=O)c([C@H](c3nnnn3C(C)(C)C)N(CCc3ccccc3)Cc3ccc(F)cc3)cc2c1. The van der Waals surface area contributed by atoms with E-state index in [1.807, 2.05) is 64.1 Å². The number of hydrogen-bond acceptors (Lipinski definition) is 5. The maximum absolute atomic E-state index is 13.8. The minimum Gasteiger partial charge on any atom is -0.322 e. The van der Waals surface area contributed by atoms with E-state index in [0.29, 0.717) is 24.5 Å². The topological polar surface area (TPSA) is 79.7 Å². The van der Waals surface area contributed by atoms with Gasteiger partial charge < -0.3 is 4.98 Å². The third-order valence-corrected chi connectivity index (χ3v) is 6.89. The predicted octanol–water partition coefficient (Wildman–Crippen LogP) is 5.55. The van der Waals surface area contributed by atoms with Gasteiger partial charge in [0, 0.05) is 24.2 Å². The van der Waals surface area contributed by atoms with Crippen LogP contribution in [-0.4, -0.2) is 36.6 Å². The Morgan fingerprint density at radius 3 is 2.44 bits per heavy atom. The van der Waals surface area contributed by atoms with Gasteiger partial charge in [-0.25, -0.2) is 9.07 Å². The molecule has 5 aromatic rings. The van der Waals surface area contributed by atoms with Gasteiger partial charge in [-0.15, -0.1) is 5.10 Å². The van der Waals surface area contributed by atoms with Gasteiger partial charge in [-0.05, 0) is 91.4 Å². The molecule has 0 spiro atoms. The molecule has 0 fully saturated rings. The second kappa shape index (κ2) is 10.9. The molecule has 3 aromatic carbocycles. The number of aromatic nitrogens is 5. The van der Waals surface area contributed by atoms with E-state index in [9.17, 15) is 9.18 Å². The van der Waals surface area contributed by atoms with Crippen molar-refractivity contribution in [3.05, 3.63) is 123 Å². The van der Waals surface area contributed by atoms with E-state index in [0.717, 1.165) is 28.5 Å². The van der Waals surface area contributed by atoms with Crippen LogP contribution in [0.5, 0.6) is 0 Å². The molecule has 0 bridgehead atoms. The normalized spacial score (nSPS) is 12.8. The lowest BCUT2D eigenvalue weighted by molar-refractivity contribution is 0.195. The van der Waals surface area contributed by atoms with Gasteiger partial charge in [0.1, 0.15) is 11.9 Å². The van der Waals surface area contributed by atoms with E-state index in [2.05, 4.69) is 43.6 Å². The van der Waals surface area contributed by atoms with Crippen molar-refractivity contribution in [2.45, 2.75) is 52.2 Å². The van der Waals surface area contributed by atoms with Crippen LogP contribution in [0.1, 0.15) is 54.9 Å². The fraction of sp³-hybridized carbons (Fsp3) is 0.290. The number of pyridine rings is 1. The zero-order valence-corrected chi connectivity index (χ0v) is 22.7. The van der Waals surface area contributed by atoms with Crippen LogP contribution in [0.2, 0.25) is 0 Å². The van der Waals surface area contributed by atoms with Crippen molar-refractivity contribution in [3.8, 4) is 0 Å². The highest BCUT2D eigenvalue weighted by atomic mass is 19.1. The van der Waals surface area contributed by atoms with Gasteiger partial charge in [-0.3, -0.25) is 9.69 Å². The summed E-state index contributed by atoms with van der Waals surface area (Å²) in [5, 5.41) is 13.8. The van der Waals surface area contributed by atoms with Gasteiger partial charge in [0.05, 0.1) is 5.54 Å². The van der Waals surface area contributed by atoms with Crippen molar-refractivity contribution in [1.29, 1.82) is 0 Å². The first-order chi connectivity index (χ1) is 18.7. The lowest BCUT2D eigenvalue weighted by atomic mass is 9.99. The molecule has 0 aliphatic carbocycles. The fourth-order valence-corrected chi connectivity index (χ4v) is 4.93. The number of nitrogens with one attached hydrogen (secondary N) is 1. The average molecular weight is 525 g/mol. The number of H-pyrrole nitrogens is 1. The third kappa shape index (κ3) is 5.96. The van der Waals surface area contributed by atoms with E-state index in [1.165, 1.54) is 17.7 Å². The monoisotopic (exact) mass is 524 g/mol. The maximum Gasteiger partial charge on any atom is 0.253 e. The van der Waals surface area contributed by atoms with Gasteiger partial charge in [-0.2, -0.15) is 0 Å². The Balaban J connectivity index is 1.68. The summed E-state index contributed by atoms with van der Waals surface area (Å²) < 4.78 is 15.6. The van der Waals surface area contributed by atoms with E-state index in [-0.39, 0.29) is 11.4 Å². The van der Waals surface area contributed by atoms with Gasteiger partial charge >= 0.3 is 0 Å². The number of rotatable bonds is 8. The molecule has 0 radical (unpaired) electrons. The van der Waals surface area contributed by atoms with Crippen molar-refractivity contribution in [1.82, 2.24) is 30.1 Å². The number of benzene rings is 3. The van der Waals surface area contributed by atoms with Crippen LogP contribution in [0.25, 0.3) is 10.9 Å². The first kappa shape index (κ1) is 26.4. The van der Waals surface area contributed by atoms with Crippen LogP contribution in [-0.2, 0) is 18.5 Å². The Hall–Kier alpha value is -4.17. The molecule has 2 aromatic heterocycles. The summed E-state index contributed by atoms with van der Waals surface area (Å²) >= 11 is 0. The van der Waals surface area contributed by atoms with E-state index in [4.69, 9.17) is 0 Å². The number of aryl methyl sites for hydroxylation is 1. The Kier molecular flexibility index (Phi) is 7.39. The lowest BCUT2D eigenvalue weighted by Crippen LogP contribution is -2.38. The number of fused-ring (bicyclic) bond motifs is 1. The Bertz CT molecular complexity index is 1620. The molecular formula is C31H33FN6O. The minimum atomic E-state index is -0.554. The number of halogens is 1. The van der Waals surface area contributed by atoms with Crippen LogP contribution in [0.3, 0.4) is 0 Å². The van der Waals surface area contributed by atoms with Gasteiger partial charge in [0.2, 0.25) is 0 Å². The second-order valence-corrected chi connectivity index (χ2v) is 11.0. The molecular weight excluding hydrogens is 491 g/mol. The molecule has 39 heavy (non-hydrogen) atoms. The van der Waals surface area contributed by atoms with E-state index < -0.39 is 11.6 Å². The number of aromatic amines is 1. The maximum atomic E-state index is 13.8. The van der Waals surface area contributed by atoms with Gasteiger partial charge in [0.15, 0.2) is 5.82 Å². The Labute approximate surface area is 227 Å². The zero-order valence-electron chi connectivity index (χ0n) is 22.7. The van der Waals surface area contributed by atoms with E-state index in [1.54, 1.807) is 16.8 Å². The Morgan fingerprint density at radius 1 is 0.974 bits per heavy atom. The molecule has 2 heterocycles. The summed E-state index contributed by atoms with van der Waals surface area (Å²) in [7, 11) is 0. The molecule has 1 N–H and O–H groups in total. The molecule has 5 rings (SSSR count). The summed E-state index contributed by atoms with van der Waals surface area (Å²) in [5.41, 5.74) is 3.93. The quantitative estimate of drug-likeness (QED) is 0.288. The average Bonchev–Trinajstić information content (AvgIpc) is 3.40. The lowest BCUT2D eigenvalue weighted by Gasteiger charge is -2.33. The highest BCUT2D eigenvalue weighted by Gasteiger charge is 2.33. The fourth-order valence-electron chi connectivity index (χ4n) is 4.93. The molecule has 7 nitrogen and oxygen atoms in total. The summed E-state index contributed by atoms with van der Waals surface area (Å²) in [4.78, 5) is 19.0. The summed E-state index contributed by atoms with van der Waals surface area (Å²) in [5.74, 6) is 0.291.